The molecule has 1 aliphatic heterocycles. The first-order chi connectivity index (χ1) is 10.3. The molecule has 0 aromatic carbocycles. The van der Waals surface area contributed by atoms with Gasteiger partial charge in [-0.2, -0.15) is 0 Å². The maximum Gasteiger partial charge on any atom is 0.245 e. The number of hydrogen-bond donors (Lipinski definition) is 3. The summed E-state index contributed by atoms with van der Waals surface area (Å²) in [7, 11) is 0. The Kier molecular flexibility index (Phi) is 6.48. The second-order valence-electron chi connectivity index (χ2n) is 5.64. The van der Waals surface area contributed by atoms with Crippen LogP contribution in [0.3, 0.4) is 0 Å². The molecule has 8 nitrogen and oxygen atoms in total. The SMILES string of the molecule is C[C@H](N)C(=O)N[C@@H](C)C(=O)N1CCC[C@H]1C(=O)N[C@@H](C)C=O. The summed E-state index contributed by atoms with van der Waals surface area (Å²) in [6.07, 6.45) is 1.87. The number of likely N-dealkylation sites (tertiary alicyclic amines) is 1. The molecule has 1 aliphatic rings. The van der Waals surface area contributed by atoms with Crippen molar-refractivity contribution in [3.63, 3.8) is 0 Å². The van der Waals surface area contributed by atoms with E-state index in [-0.39, 0.29) is 11.8 Å². The summed E-state index contributed by atoms with van der Waals surface area (Å²) in [5.41, 5.74) is 5.45. The third kappa shape index (κ3) is 4.52. The zero-order valence-corrected chi connectivity index (χ0v) is 13.2. The molecule has 0 aromatic rings. The number of rotatable bonds is 6. The fourth-order valence-corrected chi connectivity index (χ4v) is 2.31. The molecular formula is C14H24N4O4. The van der Waals surface area contributed by atoms with Crippen molar-refractivity contribution >= 4 is 24.0 Å². The van der Waals surface area contributed by atoms with Gasteiger partial charge in [-0.05, 0) is 33.6 Å². The lowest BCUT2D eigenvalue weighted by molar-refractivity contribution is -0.141. The Morgan fingerprint density at radius 2 is 1.86 bits per heavy atom. The monoisotopic (exact) mass is 312 g/mol. The van der Waals surface area contributed by atoms with E-state index < -0.39 is 30.1 Å². The van der Waals surface area contributed by atoms with Gasteiger partial charge in [-0.15, -0.1) is 0 Å². The van der Waals surface area contributed by atoms with Crippen LogP contribution >= 0.6 is 0 Å². The molecule has 1 heterocycles. The Hall–Kier alpha value is -1.96. The smallest absolute Gasteiger partial charge is 0.245 e. The standard InChI is InChI=1S/C14H24N4O4/c1-8(7-19)16-13(21)11-5-4-6-18(11)14(22)10(3)17-12(20)9(2)15/h7-11H,4-6,15H2,1-3H3,(H,16,21)(H,17,20)/t8-,9-,10-,11-/m0/s1. The number of hydrogen-bond acceptors (Lipinski definition) is 5. The summed E-state index contributed by atoms with van der Waals surface area (Å²) >= 11 is 0. The minimum absolute atomic E-state index is 0.328. The lowest BCUT2D eigenvalue weighted by atomic mass is 10.1. The zero-order valence-electron chi connectivity index (χ0n) is 13.2. The van der Waals surface area contributed by atoms with Crippen LogP contribution in [0.25, 0.3) is 0 Å². The van der Waals surface area contributed by atoms with Crippen LogP contribution < -0.4 is 16.4 Å². The lowest BCUT2D eigenvalue weighted by Gasteiger charge is -2.27. The first-order valence-electron chi connectivity index (χ1n) is 7.40. The van der Waals surface area contributed by atoms with Gasteiger partial charge >= 0.3 is 0 Å². The van der Waals surface area contributed by atoms with Gasteiger partial charge in [0.15, 0.2) is 0 Å². The fraction of sp³-hybridized carbons (Fsp3) is 0.714. The van der Waals surface area contributed by atoms with Gasteiger partial charge in [0.2, 0.25) is 17.7 Å². The van der Waals surface area contributed by atoms with E-state index in [1.807, 2.05) is 0 Å². The molecular weight excluding hydrogens is 288 g/mol. The minimum Gasteiger partial charge on any atom is -0.345 e. The molecule has 0 radical (unpaired) electrons. The Labute approximate surface area is 129 Å². The molecule has 4 N–H and O–H groups in total. The van der Waals surface area contributed by atoms with Crippen LogP contribution in [-0.4, -0.2) is 59.6 Å². The highest BCUT2D eigenvalue weighted by molar-refractivity contribution is 5.93. The van der Waals surface area contributed by atoms with Crippen molar-refractivity contribution in [3.8, 4) is 0 Å². The summed E-state index contributed by atoms with van der Waals surface area (Å²) < 4.78 is 0. The number of nitrogens with one attached hydrogen (secondary N) is 2. The van der Waals surface area contributed by atoms with Crippen molar-refractivity contribution in [3.05, 3.63) is 0 Å². The van der Waals surface area contributed by atoms with Gasteiger partial charge < -0.3 is 26.1 Å². The number of nitrogens with zero attached hydrogens (tertiary/aromatic N) is 1. The van der Waals surface area contributed by atoms with Crippen molar-refractivity contribution < 1.29 is 19.2 Å². The molecule has 0 unspecified atom stereocenters. The highest BCUT2D eigenvalue weighted by Gasteiger charge is 2.36. The Morgan fingerprint density at radius 3 is 2.41 bits per heavy atom. The lowest BCUT2D eigenvalue weighted by Crippen LogP contribution is -2.55. The highest BCUT2D eigenvalue weighted by atomic mass is 16.2. The first-order valence-corrected chi connectivity index (χ1v) is 7.40. The quantitative estimate of drug-likeness (QED) is 0.517. The number of carbonyl (C=O) groups excluding carboxylic acids is 4. The van der Waals surface area contributed by atoms with Gasteiger partial charge in [-0.1, -0.05) is 0 Å². The van der Waals surface area contributed by atoms with Crippen molar-refractivity contribution in [2.75, 3.05) is 6.54 Å². The van der Waals surface area contributed by atoms with Crippen LogP contribution in [0.2, 0.25) is 0 Å². The van der Waals surface area contributed by atoms with E-state index in [4.69, 9.17) is 5.73 Å². The molecule has 1 saturated heterocycles. The fourth-order valence-electron chi connectivity index (χ4n) is 2.31. The van der Waals surface area contributed by atoms with Gasteiger partial charge in [0.25, 0.3) is 0 Å². The van der Waals surface area contributed by atoms with E-state index >= 15 is 0 Å². The molecule has 22 heavy (non-hydrogen) atoms. The molecule has 1 rings (SSSR count). The van der Waals surface area contributed by atoms with Crippen LogP contribution in [-0.2, 0) is 19.2 Å². The van der Waals surface area contributed by atoms with E-state index in [0.717, 1.165) is 0 Å². The van der Waals surface area contributed by atoms with Crippen LogP contribution in [0, 0.1) is 0 Å². The molecule has 0 bridgehead atoms. The molecule has 0 saturated carbocycles. The first kappa shape index (κ1) is 18.1. The van der Waals surface area contributed by atoms with E-state index in [0.29, 0.717) is 25.7 Å². The molecule has 124 valence electrons. The van der Waals surface area contributed by atoms with Crippen LogP contribution in [0.4, 0.5) is 0 Å². The minimum atomic E-state index is -0.754. The molecule has 0 aliphatic carbocycles. The molecule has 4 atom stereocenters. The van der Waals surface area contributed by atoms with Crippen LogP contribution in [0.5, 0.6) is 0 Å². The zero-order chi connectivity index (χ0) is 16.9. The topological polar surface area (TPSA) is 122 Å². The molecule has 1 fully saturated rings. The Bertz CT molecular complexity index is 452. The van der Waals surface area contributed by atoms with Crippen LogP contribution in [0.1, 0.15) is 33.6 Å². The van der Waals surface area contributed by atoms with Crippen molar-refractivity contribution in [1.82, 2.24) is 15.5 Å². The van der Waals surface area contributed by atoms with Crippen molar-refractivity contribution in [1.29, 1.82) is 0 Å². The van der Waals surface area contributed by atoms with Gasteiger partial charge in [0, 0.05) is 6.54 Å². The van der Waals surface area contributed by atoms with Gasteiger partial charge in [-0.3, -0.25) is 14.4 Å². The third-order valence-electron chi connectivity index (χ3n) is 3.56. The average molecular weight is 312 g/mol. The maximum atomic E-state index is 12.4. The van der Waals surface area contributed by atoms with Crippen LogP contribution in [0.15, 0.2) is 0 Å². The van der Waals surface area contributed by atoms with E-state index in [2.05, 4.69) is 10.6 Å². The second-order valence-corrected chi connectivity index (χ2v) is 5.64. The number of amides is 3. The van der Waals surface area contributed by atoms with Crippen molar-refractivity contribution in [2.24, 2.45) is 5.73 Å². The summed E-state index contributed by atoms with van der Waals surface area (Å²) in [4.78, 5) is 48.1. The highest BCUT2D eigenvalue weighted by Crippen LogP contribution is 2.18. The molecule has 8 heteroatoms. The Morgan fingerprint density at radius 1 is 1.23 bits per heavy atom. The molecule has 3 amide bonds. The number of carbonyl (C=O) groups is 4. The summed E-state index contributed by atoms with van der Waals surface area (Å²) in [5.74, 6) is -1.10. The van der Waals surface area contributed by atoms with Gasteiger partial charge in [-0.25, -0.2) is 0 Å². The van der Waals surface area contributed by atoms with E-state index in [1.165, 1.54) is 11.8 Å². The van der Waals surface area contributed by atoms with Gasteiger partial charge in [0.1, 0.15) is 18.4 Å². The number of aldehydes is 1. The number of nitrogens with two attached hydrogens (primary N) is 1. The maximum absolute atomic E-state index is 12.4. The largest absolute Gasteiger partial charge is 0.345 e. The average Bonchev–Trinajstić information content (AvgIpc) is 2.95. The summed E-state index contributed by atoms with van der Waals surface area (Å²) in [5, 5.41) is 5.07. The summed E-state index contributed by atoms with van der Waals surface area (Å²) in [6, 6.07) is -2.67. The second kappa shape index (κ2) is 7.88. The van der Waals surface area contributed by atoms with Gasteiger partial charge in [0.05, 0.1) is 12.1 Å². The Balaban J connectivity index is 2.68. The molecule has 0 aromatic heterocycles. The van der Waals surface area contributed by atoms with Crippen molar-refractivity contribution in [2.45, 2.75) is 57.8 Å². The molecule has 0 spiro atoms. The normalized spacial score (nSPS) is 21.6. The van der Waals surface area contributed by atoms with E-state index in [9.17, 15) is 19.2 Å². The van der Waals surface area contributed by atoms with E-state index in [1.54, 1.807) is 13.8 Å². The third-order valence-corrected chi connectivity index (χ3v) is 3.56. The summed E-state index contributed by atoms with van der Waals surface area (Å²) in [6.45, 7) is 5.10. The predicted molar refractivity (Wildman–Crippen MR) is 79.7 cm³/mol. The predicted octanol–water partition coefficient (Wildman–Crippen LogP) is -1.47.